The zero-order valence-electron chi connectivity index (χ0n) is 20.8. The molecule has 6 heteroatoms. The highest BCUT2D eigenvalue weighted by atomic mass is 32.1. The minimum atomic E-state index is -0.124. The van der Waals surface area contributed by atoms with Gasteiger partial charge in [0, 0.05) is 23.9 Å². The van der Waals surface area contributed by atoms with Gasteiger partial charge in [0.1, 0.15) is 12.3 Å². The number of fused-ring (bicyclic) bond motifs is 1. The molecule has 1 aliphatic carbocycles. The molecule has 2 atom stereocenters. The third-order valence-electron chi connectivity index (χ3n) is 7.71. The molecule has 0 bridgehead atoms. The summed E-state index contributed by atoms with van der Waals surface area (Å²) in [6, 6.07) is 10.1. The third-order valence-corrected chi connectivity index (χ3v) is 8.70. The van der Waals surface area contributed by atoms with Crippen LogP contribution in [0.15, 0.2) is 35.7 Å². The maximum absolute atomic E-state index is 13.7. The summed E-state index contributed by atoms with van der Waals surface area (Å²) in [6.07, 6.45) is 8.29. The molecule has 2 aliphatic rings. The molecule has 1 aromatic heterocycles. The van der Waals surface area contributed by atoms with E-state index in [-0.39, 0.29) is 30.4 Å². The van der Waals surface area contributed by atoms with Crippen LogP contribution in [0.2, 0.25) is 0 Å². The summed E-state index contributed by atoms with van der Waals surface area (Å²) in [5.41, 5.74) is 2.29. The largest absolute Gasteiger partial charge is 0.497 e. The van der Waals surface area contributed by atoms with Crippen LogP contribution in [0, 0.1) is 5.92 Å². The molecule has 2 aromatic rings. The van der Waals surface area contributed by atoms with Crippen LogP contribution in [-0.4, -0.2) is 47.9 Å². The van der Waals surface area contributed by atoms with E-state index >= 15 is 0 Å². The smallest absolute Gasteiger partial charge is 0.243 e. The minimum absolute atomic E-state index is 0.0344. The lowest BCUT2D eigenvalue weighted by Gasteiger charge is -2.38. The number of methoxy groups -OCH3 is 1. The lowest BCUT2D eigenvalue weighted by molar-refractivity contribution is -0.143. The molecular weight excluding hydrogens is 444 g/mol. The Morgan fingerprint density at radius 1 is 1.18 bits per heavy atom. The van der Waals surface area contributed by atoms with E-state index in [0.717, 1.165) is 30.6 Å². The van der Waals surface area contributed by atoms with Crippen molar-refractivity contribution in [2.45, 2.75) is 77.3 Å². The summed E-state index contributed by atoms with van der Waals surface area (Å²) < 4.78 is 5.34. The van der Waals surface area contributed by atoms with E-state index in [1.807, 2.05) is 21.9 Å². The third kappa shape index (κ3) is 5.48. The van der Waals surface area contributed by atoms with Crippen molar-refractivity contribution in [1.29, 1.82) is 0 Å². The Kier molecular flexibility index (Phi) is 8.30. The van der Waals surface area contributed by atoms with E-state index in [2.05, 4.69) is 37.4 Å². The van der Waals surface area contributed by atoms with E-state index in [9.17, 15) is 9.59 Å². The molecular formula is C28H38N2O3S. The summed E-state index contributed by atoms with van der Waals surface area (Å²) >= 11 is 1.76. The number of amides is 2. The van der Waals surface area contributed by atoms with E-state index in [1.54, 1.807) is 18.4 Å². The topological polar surface area (TPSA) is 49.9 Å². The number of thiophene rings is 1. The van der Waals surface area contributed by atoms with E-state index in [1.165, 1.54) is 36.1 Å². The van der Waals surface area contributed by atoms with Crippen LogP contribution in [0.1, 0.15) is 80.8 Å². The number of hydrogen-bond donors (Lipinski definition) is 0. The zero-order chi connectivity index (χ0) is 24.1. The van der Waals surface area contributed by atoms with Gasteiger partial charge in [-0.1, -0.05) is 44.7 Å². The van der Waals surface area contributed by atoms with E-state index in [4.69, 9.17) is 4.74 Å². The van der Waals surface area contributed by atoms with Gasteiger partial charge in [0.15, 0.2) is 0 Å². The van der Waals surface area contributed by atoms with Gasteiger partial charge < -0.3 is 14.5 Å². The van der Waals surface area contributed by atoms with E-state index in [0.29, 0.717) is 18.9 Å². The van der Waals surface area contributed by atoms with Gasteiger partial charge >= 0.3 is 0 Å². The summed E-state index contributed by atoms with van der Waals surface area (Å²) in [6.45, 7) is 4.98. The van der Waals surface area contributed by atoms with Crippen molar-refractivity contribution in [3.05, 3.63) is 51.7 Å². The number of benzene rings is 1. The van der Waals surface area contributed by atoms with E-state index < -0.39 is 0 Å². The summed E-state index contributed by atoms with van der Waals surface area (Å²) in [5.74, 6) is 1.65. The van der Waals surface area contributed by atoms with Crippen molar-refractivity contribution in [2.24, 2.45) is 5.92 Å². The molecule has 0 N–H and O–H groups in total. The first-order valence-electron chi connectivity index (χ1n) is 12.8. The maximum atomic E-state index is 13.7. The van der Waals surface area contributed by atoms with Crippen molar-refractivity contribution < 1.29 is 14.3 Å². The second kappa shape index (κ2) is 11.4. The SMILES string of the molecule is CCC(C)N(CC(=O)N1CCc2sccc2C1c1ccc(OC)cc1)C(=O)CCC1CCCC1. The molecule has 184 valence electrons. The van der Waals surface area contributed by atoms with Gasteiger partial charge in [0.25, 0.3) is 0 Å². The van der Waals surface area contributed by atoms with Gasteiger partial charge in [-0.05, 0) is 66.8 Å². The first-order chi connectivity index (χ1) is 16.5. The molecule has 1 aliphatic heterocycles. The van der Waals surface area contributed by atoms with Crippen LogP contribution in [0.4, 0.5) is 0 Å². The number of hydrogen-bond acceptors (Lipinski definition) is 4. The second-order valence-electron chi connectivity index (χ2n) is 9.78. The Labute approximate surface area is 208 Å². The highest BCUT2D eigenvalue weighted by Gasteiger charge is 2.34. The predicted octanol–water partition coefficient (Wildman–Crippen LogP) is 5.83. The molecule has 0 spiro atoms. The average molecular weight is 483 g/mol. The number of rotatable bonds is 9. The Hall–Kier alpha value is -2.34. The van der Waals surface area contributed by atoms with Crippen molar-refractivity contribution in [3.8, 4) is 5.75 Å². The molecule has 1 aromatic carbocycles. The Balaban J connectivity index is 1.52. The molecule has 1 fully saturated rings. The first-order valence-corrected chi connectivity index (χ1v) is 13.7. The van der Waals surface area contributed by atoms with Crippen LogP contribution in [0.5, 0.6) is 5.75 Å². The van der Waals surface area contributed by atoms with Gasteiger partial charge in [-0.2, -0.15) is 0 Å². The fourth-order valence-electron chi connectivity index (χ4n) is 5.45. The highest BCUT2D eigenvalue weighted by molar-refractivity contribution is 7.10. The lowest BCUT2D eigenvalue weighted by Crippen LogP contribution is -2.49. The number of carbonyl (C=O) groups is 2. The van der Waals surface area contributed by atoms with Gasteiger partial charge in [-0.15, -0.1) is 11.3 Å². The first kappa shape index (κ1) is 24.8. The number of ether oxygens (including phenoxy) is 1. The molecule has 0 saturated heterocycles. The fraction of sp³-hybridized carbons (Fsp3) is 0.571. The van der Waals surface area contributed by atoms with Gasteiger partial charge in [0.05, 0.1) is 13.2 Å². The van der Waals surface area contributed by atoms with Crippen molar-refractivity contribution >= 4 is 23.2 Å². The van der Waals surface area contributed by atoms with Crippen LogP contribution >= 0.6 is 11.3 Å². The predicted molar refractivity (Wildman–Crippen MR) is 137 cm³/mol. The molecule has 5 nitrogen and oxygen atoms in total. The van der Waals surface area contributed by atoms with Crippen molar-refractivity contribution in [3.63, 3.8) is 0 Å². The van der Waals surface area contributed by atoms with Crippen LogP contribution in [0.25, 0.3) is 0 Å². The molecule has 0 radical (unpaired) electrons. The molecule has 1 saturated carbocycles. The molecule has 34 heavy (non-hydrogen) atoms. The normalized spacial score (nSPS) is 19.0. The second-order valence-corrected chi connectivity index (χ2v) is 10.8. The monoisotopic (exact) mass is 482 g/mol. The molecule has 2 unspecified atom stereocenters. The van der Waals surface area contributed by atoms with Crippen molar-refractivity contribution in [1.82, 2.24) is 9.80 Å². The standard InChI is InChI=1S/C28H38N2O3S/c1-4-20(2)30(26(31)14-9-21-7-5-6-8-21)19-27(32)29-17-15-25-24(16-18-34-25)28(29)22-10-12-23(33-3)13-11-22/h10-13,16,18,20-21,28H,4-9,14-15,17,19H2,1-3H3. The number of carbonyl (C=O) groups excluding carboxylic acids is 2. The zero-order valence-corrected chi connectivity index (χ0v) is 21.6. The van der Waals surface area contributed by atoms with Gasteiger partial charge in [-0.3, -0.25) is 9.59 Å². The Bertz CT molecular complexity index is 964. The van der Waals surface area contributed by atoms with Gasteiger partial charge in [-0.25, -0.2) is 0 Å². The Morgan fingerprint density at radius 2 is 1.91 bits per heavy atom. The molecule has 4 rings (SSSR count). The number of nitrogens with zero attached hydrogens (tertiary/aromatic N) is 2. The summed E-state index contributed by atoms with van der Waals surface area (Å²) in [5, 5.41) is 2.12. The minimum Gasteiger partial charge on any atom is -0.497 e. The van der Waals surface area contributed by atoms with Gasteiger partial charge in [0.2, 0.25) is 11.8 Å². The Morgan fingerprint density at radius 3 is 2.59 bits per heavy atom. The lowest BCUT2D eigenvalue weighted by atomic mass is 9.93. The highest BCUT2D eigenvalue weighted by Crippen LogP contribution is 2.38. The summed E-state index contributed by atoms with van der Waals surface area (Å²) in [7, 11) is 1.66. The quantitative estimate of drug-likeness (QED) is 0.452. The summed E-state index contributed by atoms with van der Waals surface area (Å²) in [4.78, 5) is 32.1. The van der Waals surface area contributed by atoms with Crippen LogP contribution in [0.3, 0.4) is 0 Å². The molecule has 2 amide bonds. The van der Waals surface area contributed by atoms with Crippen LogP contribution in [-0.2, 0) is 16.0 Å². The van der Waals surface area contributed by atoms with Crippen LogP contribution < -0.4 is 4.74 Å². The molecule has 2 heterocycles. The average Bonchev–Trinajstić information content (AvgIpc) is 3.56. The fourth-order valence-corrected chi connectivity index (χ4v) is 6.35. The van der Waals surface area contributed by atoms with Crippen molar-refractivity contribution in [2.75, 3.05) is 20.2 Å². The maximum Gasteiger partial charge on any atom is 0.243 e.